The highest BCUT2D eigenvalue weighted by molar-refractivity contribution is 5.76. The van der Waals surface area contributed by atoms with Gasteiger partial charge >= 0.3 is 5.97 Å². The van der Waals surface area contributed by atoms with Crippen LogP contribution in [0.4, 0.5) is 0 Å². The van der Waals surface area contributed by atoms with Crippen LogP contribution in [0.1, 0.15) is 17.4 Å². The van der Waals surface area contributed by atoms with Gasteiger partial charge in [-0.15, -0.1) is 0 Å². The van der Waals surface area contributed by atoms with Crippen LogP contribution in [-0.2, 0) is 25.6 Å². The summed E-state index contributed by atoms with van der Waals surface area (Å²) in [6.07, 6.45) is -1.27. The van der Waals surface area contributed by atoms with Crippen molar-refractivity contribution in [2.24, 2.45) is 0 Å². The molecule has 0 aromatic heterocycles. The molecule has 1 atom stereocenters. The van der Waals surface area contributed by atoms with Crippen LogP contribution in [0.3, 0.4) is 0 Å². The van der Waals surface area contributed by atoms with Crippen molar-refractivity contribution in [3.63, 3.8) is 0 Å². The predicted octanol–water partition coefficient (Wildman–Crippen LogP) is 2.86. The summed E-state index contributed by atoms with van der Waals surface area (Å²) in [5.41, 5.74) is 1.72. The lowest BCUT2D eigenvalue weighted by atomic mass is 10.1. The highest BCUT2D eigenvalue weighted by Crippen LogP contribution is 2.35. The van der Waals surface area contributed by atoms with Crippen LogP contribution >= 0.6 is 0 Å². The molecule has 3 rings (SSSR count). The molecule has 2 aromatic carbocycles. The molecule has 6 heteroatoms. The highest BCUT2D eigenvalue weighted by atomic mass is 16.7. The Morgan fingerprint density at radius 2 is 1.88 bits per heavy atom. The highest BCUT2D eigenvalue weighted by Gasteiger charge is 2.29. The van der Waals surface area contributed by atoms with Gasteiger partial charge in [-0.3, -0.25) is 0 Å². The van der Waals surface area contributed by atoms with Crippen LogP contribution in [-0.4, -0.2) is 32.9 Å². The number of ether oxygens (including phenoxy) is 5. The zero-order valence-electron chi connectivity index (χ0n) is 14.1. The van der Waals surface area contributed by atoms with E-state index in [1.54, 1.807) is 32.4 Å². The second kappa shape index (κ2) is 8.00. The molecule has 132 valence electrons. The first-order chi connectivity index (χ1) is 12.2. The van der Waals surface area contributed by atoms with Crippen LogP contribution in [0.25, 0.3) is 0 Å². The van der Waals surface area contributed by atoms with Crippen LogP contribution in [0.2, 0.25) is 0 Å². The zero-order valence-corrected chi connectivity index (χ0v) is 14.1. The van der Waals surface area contributed by atoms with Gasteiger partial charge in [0.1, 0.15) is 13.2 Å². The summed E-state index contributed by atoms with van der Waals surface area (Å²) in [5.74, 6) is 0.580. The Morgan fingerprint density at radius 3 is 2.60 bits per heavy atom. The van der Waals surface area contributed by atoms with Crippen LogP contribution in [0, 0.1) is 0 Å². The third-order valence-electron chi connectivity index (χ3n) is 3.81. The van der Waals surface area contributed by atoms with E-state index < -0.39 is 18.4 Å². The largest absolute Gasteiger partial charge is 0.485 e. The summed E-state index contributed by atoms with van der Waals surface area (Å²) in [5, 5.41) is 0. The molecule has 6 nitrogen and oxygen atoms in total. The van der Waals surface area contributed by atoms with Gasteiger partial charge in [0.05, 0.1) is 0 Å². The number of hydrogen-bond donors (Lipinski definition) is 0. The fourth-order valence-electron chi connectivity index (χ4n) is 2.54. The second-order valence-electron chi connectivity index (χ2n) is 5.52. The smallest absolute Gasteiger partial charge is 0.351 e. The minimum absolute atomic E-state index is 0.0920. The molecule has 1 heterocycles. The number of benzene rings is 2. The number of esters is 1. The third kappa shape index (κ3) is 4.10. The van der Waals surface area contributed by atoms with Gasteiger partial charge in [-0.25, -0.2) is 4.79 Å². The van der Waals surface area contributed by atoms with E-state index in [1.807, 2.05) is 30.3 Å². The standard InChI is InChI=1S/C19H20O6/c1-21-19(22-2)14-8-9-15-16(10-14)23-12-17(25-15)18(20)24-11-13-6-4-3-5-7-13/h3-10,17,19H,11-12H2,1-2H3. The number of carbonyl (C=O) groups is 1. The zero-order chi connectivity index (χ0) is 17.6. The first-order valence-electron chi connectivity index (χ1n) is 7.91. The first kappa shape index (κ1) is 17.3. The topological polar surface area (TPSA) is 63.2 Å². The Morgan fingerprint density at radius 1 is 1.12 bits per heavy atom. The molecule has 0 amide bonds. The number of rotatable bonds is 6. The van der Waals surface area contributed by atoms with E-state index in [2.05, 4.69) is 0 Å². The van der Waals surface area contributed by atoms with Gasteiger partial charge in [-0.1, -0.05) is 36.4 Å². The summed E-state index contributed by atoms with van der Waals surface area (Å²) >= 11 is 0. The van der Waals surface area contributed by atoms with Crippen LogP contribution < -0.4 is 9.47 Å². The molecule has 0 fully saturated rings. The molecule has 0 aliphatic carbocycles. The summed E-state index contributed by atoms with van der Waals surface area (Å²) in [7, 11) is 3.12. The van der Waals surface area contributed by atoms with Crippen molar-refractivity contribution >= 4 is 5.97 Å². The van der Waals surface area contributed by atoms with E-state index in [0.717, 1.165) is 11.1 Å². The maximum absolute atomic E-state index is 12.2. The molecule has 1 aliphatic rings. The number of carbonyl (C=O) groups excluding carboxylic acids is 1. The minimum Gasteiger partial charge on any atom is -0.485 e. The fourth-order valence-corrected chi connectivity index (χ4v) is 2.54. The summed E-state index contributed by atoms with van der Waals surface area (Å²) in [6.45, 7) is 0.295. The molecule has 0 radical (unpaired) electrons. The van der Waals surface area contributed by atoms with Crippen molar-refractivity contribution in [2.45, 2.75) is 19.0 Å². The van der Waals surface area contributed by atoms with E-state index in [9.17, 15) is 4.79 Å². The van der Waals surface area contributed by atoms with E-state index >= 15 is 0 Å². The number of methoxy groups -OCH3 is 2. The minimum atomic E-state index is -0.789. The van der Waals surface area contributed by atoms with Crippen molar-refractivity contribution in [3.8, 4) is 11.5 Å². The van der Waals surface area contributed by atoms with Gasteiger partial charge in [-0.05, 0) is 17.7 Å². The predicted molar refractivity (Wildman–Crippen MR) is 89.4 cm³/mol. The van der Waals surface area contributed by atoms with Gasteiger partial charge < -0.3 is 23.7 Å². The monoisotopic (exact) mass is 344 g/mol. The van der Waals surface area contributed by atoms with Crippen molar-refractivity contribution in [2.75, 3.05) is 20.8 Å². The lowest BCUT2D eigenvalue weighted by Crippen LogP contribution is -2.37. The summed E-state index contributed by atoms with van der Waals surface area (Å²) < 4.78 is 27.1. The van der Waals surface area contributed by atoms with Gasteiger partial charge in [-0.2, -0.15) is 0 Å². The van der Waals surface area contributed by atoms with E-state index in [0.29, 0.717) is 11.5 Å². The Labute approximate surface area is 146 Å². The van der Waals surface area contributed by atoms with Crippen molar-refractivity contribution in [1.82, 2.24) is 0 Å². The Bertz CT molecular complexity index is 711. The molecular formula is C19H20O6. The van der Waals surface area contributed by atoms with Crippen molar-refractivity contribution in [1.29, 1.82) is 0 Å². The quantitative estimate of drug-likeness (QED) is 0.593. The SMILES string of the molecule is COC(OC)c1ccc2c(c1)OCC(C(=O)OCc1ccccc1)O2. The van der Waals surface area contributed by atoms with Gasteiger partial charge in [0.2, 0.25) is 6.10 Å². The fraction of sp³-hybridized carbons (Fsp3) is 0.316. The maximum atomic E-state index is 12.2. The average molecular weight is 344 g/mol. The van der Waals surface area contributed by atoms with Gasteiger partial charge in [0, 0.05) is 19.8 Å². The Hall–Kier alpha value is -2.57. The van der Waals surface area contributed by atoms with E-state index in [1.165, 1.54) is 0 Å². The van der Waals surface area contributed by atoms with Gasteiger partial charge in [0.15, 0.2) is 17.8 Å². The number of fused-ring (bicyclic) bond motifs is 1. The molecule has 1 unspecified atom stereocenters. The normalized spacial score (nSPS) is 15.9. The van der Waals surface area contributed by atoms with Crippen molar-refractivity contribution < 1.29 is 28.5 Å². The average Bonchev–Trinajstić information content (AvgIpc) is 2.67. The molecule has 0 spiro atoms. The summed E-state index contributed by atoms with van der Waals surface area (Å²) in [4.78, 5) is 12.2. The second-order valence-corrected chi connectivity index (χ2v) is 5.52. The molecule has 0 bridgehead atoms. The van der Waals surface area contributed by atoms with Crippen molar-refractivity contribution in [3.05, 3.63) is 59.7 Å². The van der Waals surface area contributed by atoms with E-state index in [-0.39, 0.29) is 13.2 Å². The van der Waals surface area contributed by atoms with Crippen LogP contribution in [0.5, 0.6) is 11.5 Å². The third-order valence-corrected chi connectivity index (χ3v) is 3.81. The van der Waals surface area contributed by atoms with E-state index in [4.69, 9.17) is 23.7 Å². The molecule has 0 saturated heterocycles. The molecular weight excluding hydrogens is 324 g/mol. The molecule has 1 aliphatic heterocycles. The molecule has 0 saturated carbocycles. The number of hydrogen-bond acceptors (Lipinski definition) is 6. The molecule has 25 heavy (non-hydrogen) atoms. The Kier molecular flexibility index (Phi) is 5.53. The molecule has 2 aromatic rings. The maximum Gasteiger partial charge on any atom is 0.351 e. The summed E-state index contributed by atoms with van der Waals surface area (Å²) in [6, 6.07) is 14.8. The lowest BCUT2D eigenvalue weighted by Gasteiger charge is -2.26. The Balaban J connectivity index is 1.62. The van der Waals surface area contributed by atoms with Crippen LogP contribution in [0.15, 0.2) is 48.5 Å². The lowest BCUT2D eigenvalue weighted by molar-refractivity contribution is -0.155. The molecule has 0 N–H and O–H groups in total. The van der Waals surface area contributed by atoms with Gasteiger partial charge in [0.25, 0.3) is 0 Å². The first-order valence-corrected chi connectivity index (χ1v) is 7.91.